The number of nitrogens with zero attached hydrogens (tertiary/aromatic N) is 1. The van der Waals surface area contributed by atoms with E-state index in [1.807, 2.05) is 0 Å². The predicted molar refractivity (Wildman–Crippen MR) is 82.1 cm³/mol. The number of imide groups is 1. The Morgan fingerprint density at radius 3 is 2.64 bits per heavy atom. The number of carbonyl (C=O) groups excluding carboxylic acids is 2. The number of amides is 3. The quantitative estimate of drug-likeness (QED) is 0.639. The number of rotatable bonds is 6. The van der Waals surface area contributed by atoms with Crippen LogP contribution in [0, 0.1) is 0 Å². The minimum absolute atomic E-state index is 0. The van der Waals surface area contributed by atoms with Crippen molar-refractivity contribution in [2.75, 3.05) is 26.8 Å². The Bertz CT molecular complexity index is 394. The number of aliphatic carboxylic acids is 1. The fraction of sp³-hybridized carbons (Fsp3) is 0.769. The third-order valence-electron chi connectivity index (χ3n) is 3.29. The van der Waals surface area contributed by atoms with Crippen molar-refractivity contribution in [3.05, 3.63) is 0 Å². The van der Waals surface area contributed by atoms with E-state index in [9.17, 15) is 14.4 Å². The first-order chi connectivity index (χ1) is 9.93. The topological polar surface area (TPSA) is 108 Å². The lowest BCUT2D eigenvalue weighted by Crippen LogP contribution is -2.52. The van der Waals surface area contributed by atoms with Gasteiger partial charge in [0, 0.05) is 7.11 Å². The molecule has 0 bridgehead atoms. The van der Waals surface area contributed by atoms with Gasteiger partial charge in [-0.3, -0.25) is 19.8 Å². The maximum Gasteiger partial charge on any atom is 0.321 e. The molecule has 1 saturated heterocycles. The van der Waals surface area contributed by atoms with Crippen LogP contribution >= 0.6 is 12.4 Å². The van der Waals surface area contributed by atoms with E-state index < -0.39 is 23.9 Å². The summed E-state index contributed by atoms with van der Waals surface area (Å²) in [4.78, 5) is 36.1. The standard InChI is InChI=1S/C13H23N3O5.ClH/c1-9(8-21-2)14-13(20)15-11(17)7-16-6-4-3-5-10(16)12(18)19;/h9-10H,3-8H2,1-2H3,(H,18,19)(H2,14,15,17,20);1H. The van der Waals surface area contributed by atoms with Gasteiger partial charge in [-0.1, -0.05) is 6.42 Å². The van der Waals surface area contributed by atoms with Crippen molar-refractivity contribution < 1.29 is 24.2 Å². The molecule has 0 aliphatic carbocycles. The number of piperidine rings is 1. The number of carbonyl (C=O) groups is 3. The van der Waals surface area contributed by atoms with E-state index in [-0.39, 0.29) is 25.0 Å². The van der Waals surface area contributed by atoms with Gasteiger partial charge in [0.15, 0.2) is 0 Å². The van der Waals surface area contributed by atoms with E-state index in [4.69, 9.17) is 9.84 Å². The number of hydrogen-bond acceptors (Lipinski definition) is 5. The van der Waals surface area contributed by atoms with Crippen LogP contribution in [0.1, 0.15) is 26.2 Å². The van der Waals surface area contributed by atoms with E-state index in [1.165, 1.54) is 7.11 Å². The molecular weight excluding hydrogens is 314 g/mol. The zero-order valence-corrected chi connectivity index (χ0v) is 13.6. The molecule has 3 N–H and O–H groups in total. The molecule has 128 valence electrons. The Hall–Kier alpha value is -1.38. The molecule has 3 amide bonds. The maximum absolute atomic E-state index is 11.8. The minimum Gasteiger partial charge on any atom is -0.480 e. The number of methoxy groups -OCH3 is 1. The van der Waals surface area contributed by atoms with Crippen molar-refractivity contribution in [1.29, 1.82) is 0 Å². The lowest BCUT2D eigenvalue weighted by molar-refractivity contribution is -0.145. The Morgan fingerprint density at radius 1 is 1.36 bits per heavy atom. The zero-order valence-electron chi connectivity index (χ0n) is 12.8. The monoisotopic (exact) mass is 337 g/mol. The Kier molecular flexibility index (Phi) is 9.71. The average Bonchev–Trinajstić information content (AvgIpc) is 2.38. The van der Waals surface area contributed by atoms with Crippen molar-refractivity contribution >= 4 is 30.3 Å². The van der Waals surface area contributed by atoms with E-state index in [0.717, 1.165) is 12.8 Å². The van der Waals surface area contributed by atoms with E-state index in [1.54, 1.807) is 11.8 Å². The van der Waals surface area contributed by atoms with Gasteiger partial charge in [-0.15, -0.1) is 12.4 Å². The van der Waals surface area contributed by atoms with Gasteiger partial charge in [-0.05, 0) is 26.3 Å². The first kappa shape index (κ1) is 20.6. The summed E-state index contributed by atoms with van der Waals surface area (Å²) in [6.45, 7) is 2.54. The molecule has 0 radical (unpaired) electrons. The second kappa shape index (κ2) is 10.4. The summed E-state index contributed by atoms with van der Waals surface area (Å²) in [6.07, 6.45) is 2.22. The summed E-state index contributed by atoms with van der Waals surface area (Å²) in [5.74, 6) is -1.44. The molecule has 1 fully saturated rings. The highest BCUT2D eigenvalue weighted by atomic mass is 35.5. The van der Waals surface area contributed by atoms with Gasteiger partial charge in [0.05, 0.1) is 19.2 Å². The molecule has 9 heteroatoms. The average molecular weight is 338 g/mol. The van der Waals surface area contributed by atoms with Crippen molar-refractivity contribution in [2.45, 2.75) is 38.3 Å². The van der Waals surface area contributed by atoms with Crippen LogP contribution in [0.15, 0.2) is 0 Å². The second-order valence-electron chi connectivity index (χ2n) is 5.20. The highest BCUT2D eigenvalue weighted by molar-refractivity contribution is 5.95. The number of halogens is 1. The molecule has 22 heavy (non-hydrogen) atoms. The second-order valence-corrected chi connectivity index (χ2v) is 5.20. The normalized spacial score (nSPS) is 19.6. The summed E-state index contributed by atoms with van der Waals surface area (Å²) in [5, 5.41) is 13.9. The van der Waals surface area contributed by atoms with Crippen molar-refractivity contribution in [2.24, 2.45) is 0 Å². The summed E-state index contributed by atoms with van der Waals surface area (Å²) in [7, 11) is 1.52. The molecule has 1 heterocycles. The van der Waals surface area contributed by atoms with Crippen LogP contribution in [-0.2, 0) is 14.3 Å². The van der Waals surface area contributed by atoms with E-state index >= 15 is 0 Å². The van der Waals surface area contributed by atoms with E-state index in [0.29, 0.717) is 19.6 Å². The number of likely N-dealkylation sites (tertiary alicyclic amines) is 1. The number of carboxylic acid groups (broad SMARTS) is 1. The summed E-state index contributed by atoms with van der Waals surface area (Å²) >= 11 is 0. The molecule has 2 unspecified atom stereocenters. The molecule has 2 atom stereocenters. The Morgan fingerprint density at radius 2 is 2.05 bits per heavy atom. The molecule has 0 aromatic rings. The van der Waals surface area contributed by atoms with E-state index in [2.05, 4.69) is 10.6 Å². The van der Waals surface area contributed by atoms with Gasteiger partial charge in [0.2, 0.25) is 5.91 Å². The summed E-state index contributed by atoms with van der Waals surface area (Å²) in [6, 6.07) is -1.47. The van der Waals surface area contributed by atoms with Gasteiger partial charge < -0.3 is 15.2 Å². The lowest BCUT2D eigenvalue weighted by Gasteiger charge is -2.32. The Labute approximate surface area is 136 Å². The largest absolute Gasteiger partial charge is 0.480 e. The van der Waals surface area contributed by atoms with Gasteiger partial charge in [-0.2, -0.15) is 0 Å². The molecule has 1 aliphatic heterocycles. The molecule has 0 aromatic heterocycles. The minimum atomic E-state index is -0.930. The Balaban J connectivity index is 0.00000441. The first-order valence-corrected chi connectivity index (χ1v) is 7.00. The molecule has 0 aromatic carbocycles. The van der Waals surface area contributed by atoms with Crippen LogP contribution in [-0.4, -0.2) is 66.8 Å². The lowest BCUT2D eigenvalue weighted by atomic mass is 10.0. The van der Waals surface area contributed by atoms with Gasteiger partial charge in [0.1, 0.15) is 6.04 Å². The highest BCUT2D eigenvalue weighted by Crippen LogP contribution is 2.16. The maximum atomic E-state index is 11.8. The predicted octanol–water partition coefficient (Wildman–Crippen LogP) is 0.208. The number of carboxylic acids is 1. The molecule has 0 saturated carbocycles. The molecule has 1 rings (SSSR count). The third-order valence-corrected chi connectivity index (χ3v) is 3.29. The molecule has 0 spiro atoms. The summed E-state index contributed by atoms with van der Waals surface area (Å²) < 4.78 is 4.87. The van der Waals surface area contributed by atoms with Crippen LogP contribution < -0.4 is 10.6 Å². The molecule has 8 nitrogen and oxygen atoms in total. The molecular formula is C13H24ClN3O5. The number of hydrogen-bond donors (Lipinski definition) is 3. The fourth-order valence-corrected chi connectivity index (χ4v) is 2.36. The van der Waals surface area contributed by atoms with Crippen LogP contribution in [0.4, 0.5) is 4.79 Å². The summed E-state index contributed by atoms with van der Waals surface area (Å²) in [5.41, 5.74) is 0. The molecule has 1 aliphatic rings. The van der Waals surface area contributed by atoms with Crippen LogP contribution in [0.3, 0.4) is 0 Å². The van der Waals surface area contributed by atoms with Gasteiger partial charge >= 0.3 is 12.0 Å². The van der Waals surface area contributed by atoms with Crippen LogP contribution in [0.25, 0.3) is 0 Å². The fourth-order valence-electron chi connectivity index (χ4n) is 2.36. The van der Waals surface area contributed by atoms with Gasteiger partial charge in [-0.25, -0.2) is 4.79 Å². The first-order valence-electron chi connectivity index (χ1n) is 7.00. The van der Waals surface area contributed by atoms with Crippen LogP contribution in [0.2, 0.25) is 0 Å². The van der Waals surface area contributed by atoms with Crippen molar-refractivity contribution in [3.63, 3.8) is 0 Å². The number of ether oxygens (including phenoxy) is 1. The number of nitrogens with one attached hydrogen (secondary N) is 2. The van der Waals surface area contributed by atoms with Gasteiger partial charge in [0.25, 0.3) is 0 Å². The smallest absolute Gasteiger partial charge is 0.321 e. The SMILES string of the molecule is COCC(C)NC(=O)NC(=O)CN1CCCCC1C(=O)O.Cl. The van der Waals surface area contributed by atoms with Crippen molar-refractivity contribution in [1.82, 2.24) is 15.5 Å². The number of urea groups is 1. The van der Waals surface area contributed by atoms with Crippen LogP contribution in [0.5, 0.6) is 0 Å². The highest BCUT2D eigenvalue weighted by Gasteiger charge is 2.29. The van der Waals surface area contributed by atoms with Crippen molar-refractivity contribution in [3.8, 4) is 0 Å². The third kappa shape index (κ3) is 7.06. The zero-order chi connectivity index (χ0) is 15.8.